The van der Waals surface area contributed by atoms with Crippen molar-refractivity contribution in [3.63, 3.8) is 0 Å². The third-order valence-corrected chi connectivity index (χ3v) is 7.22. The largest absolute Gasteiger partial charge is 0.458 e. The van der Waals surface area contributed by atoms with Crippen LogP contribution in [0.2, 0.25) is 0 Å². The summed E-state index contributed by atoms with van der Waals surface area (Å²) in [5.41, 5.74) is -0.254. The van der Waals surface area contributed by atoms with E-state index in [4.69, 9.17) is 19.0 Å². The molecule has 2 rings (SSSR count). The Balaban J connectivity index is 2.09. The number of carbonyl (C=O) groups excluding carboxylic acids is 2. The number of esters is 2. The molecule has 0 radical (unpaired) electrons. The van der Waals surface area contributed by atoms with Gasteiger partial charge < -0.3 is 19.0 Å². The summed E-state index contributed by atoms with van der Waals surface area (Å²) < 4.78 is 17.0. The van der Waals surface area contributed by atoms with Gasteiger partial charge in [-0.25, -0.2) is 4.79 Å². The maximum Gasteiger partial charge on any atom is 0.405 e. The Kier molecular flexibility index (Phi) is 12.9. The van der Waals surface area contributed by atoms with E-state index >= 15 is 0 Å². The normalized spacial score (nSPS) is 27.5. The quantitative estimate of drug-likeness (QED) is 0.0962. The number of cyclic esters (lactones) is 1. The van der Waals surface area contributed by atoms with E-state index < -0.39 is 24.1 Å². The fraction of sp³-hybridized carbons (Fsp3) is 0.889. The van der Waals surface area contributed by atoms with Gasteiger partial charge >= 0.3 is 17.7 Å². The molecular formula is C27H47NO7. The summed E-state index contributed by atoms with van der Waals surface area (Å²) in [4.78, 5) is 30.7. The van der Waals surface area contributed by atoms with Crippen molar-refractivity contribution in [3.8, 4) is 0 Å². The lowest BCUT2D eigenvalue weighted by molar-refractivity contribution is -0.742. The lowest BCUT2D eigenvalue weighted by Gasteiger charge is -2.38. The molecule has 1 saturated heterocycles. The molecule has 0 unspecified atom stereocenters. The Morgan fingerprint density at radius 2 is 1.80 bits per heavy atom. The first-order chi connectivity index (χ1) is 16.8. The third kappa shape index (κ3) is 9.28. The lowest BCUT2D eigenvalue weighted by Crippen LogP contribution is -2.43. The van der Waals surface area contributed by atoms with Gasteiger partial charge in [0.05, 0.1) is 25.7 Å². The van der Waals surface area contributed by atoms with E-state index in [-0.39, 0.29) is 36.4 Å². The first kappa shape index (κ1) is 29.4. The molecule has 2 aliphatic rings. The summed E-state index contributed by atoms with van der Waals surface area (Å²) in [6.07, 6.45) is 9.42. The van der Waals surface area contributed by atoms with Crippen LogP contribution in [0.3, 0.4) is 0 Å². The van der Waals surface area contributed by atoms with Crippen molar-refractivity contribution in [1.29, 1.82) is 0 Å². The van der Waals surface area contributed by atoms with Crippen molar-refractivity contribution in [2.24, 2.45) is 23.7 Å². The summed E-state index contributed by atoms with van der Waals surface area (Å²) >= 11 is 0. The number of nitrogens with zero attached hydrogens (tertiary/aromatic N) is 1. The van der Waals surface area contributed by atoms with Crippen LogP contribution in [0.5, 0.6) is 0 Å². The van der Waals surface area contributed by atoms with Crippen molar-refractivity contribution in [2.75, 3.05) is 13.2 Å². The van der Waals surface area contributed by atoms with Crippen LogP contribution < -0.4 is 0 Å². The summed E-state index contributed by atoms with van der Waals surface area (Å²) in [6, 6.07) is 0. The topological polar surface area (TPSA) is 97.1 Å². The first-order valence-electron chi connectivity index (χ1n) is 13.8. The van der Waals surface area contributed by atoms with Crippen LogP contribution in [0.15, 0.2) is 0 Å². The van der Waals surface area contributed by atoms with Crippen LogP contribution >= 0.6 is 0 Å². The van der Waals surface area contributed by atoms with Crippen LogP contribution in [-0.2, 0) is 28.6 Å². The van der Waals surface area contributed by atoms with Crippen molar-refractivity contribution < 1.29 is 33.5 Å². The summed E-state index contributed by atoms with van der Waals surface area (Å²) in [7, 11) is 0. The highest BCUT2D eigenvalue weighted by molar-refractivity contribution is 6.35. The van der Waals surface area contributed by atoms with Crippen LogP contribution in [0.4, 0.5) is 0 Å². The predicted molar refractivity (Wildman–Crippen MR) is 133 cm³/mol. The van der Waals surface area contributed by atoms with Crippen molar-refractivity contribution in [2.45, 2.75) is 118 Å². The number of rotatable bonds is 15. The highest BCUT2D eigenvalue weighted by Crippen LogP contribution is 2.38. The Morgan fingerprint density at radius 3 is 2.46 bits per heavy atom. The van der Waals surface area contributed by atoms with Crippen LogP contribution in [0.25, 0.3) is 0 Å². The number of hydrogen-bond acceptors (Lipinski definition) is 7. The minimum absolute atomic E-state index is 0.102. The van der Waals surface area contributed by atoms with Gasteiger partial charge in [0.1, 0.15) is 5.92 Å². The van der Waals surface area contributed by atoms with Gasteiger partial charge in [0.2, 0.25) is 6.29 Å². The number of ether oxygens (including phenoxy) is 3. The molecule has 1 aliphatic heterocycles. The average molecular weight is 498 g/mol. The Hall–Kier alpha value is -1.83. The van der Waals surface area contributed by atoms with Crippen LogP contribution in [0.1, 0.15) is 105 Å². The SMILES string of the molecule is CCCCCCCCCO/[N+]([O-])=C(\C(=O)OCC)[C@@H]1CC(=O)O[C@H]1O[C@H]1C[C@@H](C)CC[C@@H]1C(C)C. The van der Waals surface area contributed by atoms with Crippen molar-refractivity contribution in [3.05, 3.63) is 5.21 Å². The molecule has 0 aromatic heterocycles. The molecule has 2 fully saturated rings. The Bertz CT molecular complexity index is 693. The molecule has 0 N–H and O–H groups in total. The summed E-state index contributed by atoms with van der Waals surface area (Å²) in [5.74, 6) is -0.908. The highest BCUT2D eigenvalue weighted by atomic mass is 16.9. The zero-order chi connectivity index (χ0) is 25.8. The maximum absolute atomic E-state index is 12.9. The van der Waals surface area contributed by atoms with E-state index in [1.54, 1.807) is 6.92 Å². The Morgan fingerprint density at radius 1 is 1.11 bits per heavy atom. The van der Waals surface area contributed by atoms with E-state index in [0.717, 1.165) is 38.5 Å². The van der Waals surface area contributed by atoms with E-state index in [0.29, 0.717) is 17.8 Å². The highest BCUT2D eigenvalue weighted by Gasteiger charge is 2.50. The molecule has 0 amide bonds. The second-order valence-corrected chi connectivity index (χ2v) is 10.5. The molecule has 8 nitrogen and oxygen atoms in total. The van der Waals surface area contributed by atoms with Gasteiger partial charge in [0.25, 0.3) is 0 Å². The smallest absolute Gasteiger partial charge is 0.405 e. The fourth-order valence-corrected chi connectivity index (χ4v) is 5.17. The number of unbranched alkanes of at least 4 members (excludes halogenated alkanes) is 6. The maximum atomic E-state index is 12.9. The van der Waals surface area contributed by atoms with Gasteiger partial charge in [0.15, 0.2) is 0 Å². The molecule has 1 aliphatic carbocycles. The monoisotopic (exact) mass is 497 g/mol. The third-order valence-electron chi connectivity index (χ3n) is 7.22. The molecule has 5 atom stereocenters. The standard InChI is InChI=1S/C27H47NO7/c1-6-8-9-10-11-12-13-16-33-28(31)25(26(30)32-7-2)22-18-24(29)35-27(22)34-23-17-20(5)14-15-21(23)19(3)4/h19-23,27H,6-18H2,1-5H3/b28-25-/t20-,21+,22-,23-,27+/m0/s1. The second-order valence-electron chi connectivity index (χ2n) is 10.5. The van der Waals surface area contributed by atoms with Gasteiger partial charge in [-0.15, -0.1) is 0 Å². The van der Waals surface area contributed by atoms with E-state index in [1.807, 2.05) is 0 Å². The first-order valence-corrected chi connectivity index (χ1v) is 13.8. The molecule has 0 bridgehead atoms. The van der Waals surface area contributed by atoms with E-state index in [2.05, 4.69) is 27.7 Å². The van der Waals surface area contributed by atoms with Crippen molar-refractivity contribution >= 4 is 17.7 Å². The van der Waals surface area contributed by atoms with Gasteiger partial charge in [-0.05, 0) is 43.9 Å². The minimum Gasteiger partial charge on any atom is -0.458 e. The lowest BCUT2D eigenvalue weighted by atomic mass is 9.75. The molecule has 0 aromatic carbocycles. The summed E-state index contributed by atoms with van der Waals surface area (Å²) in [6.45, 7) is 10.7. The second kappa shape index (κ2) is 15.3. The van der Waals surface area contributed by atoms with Gasteiger partial charge in [-0.3, -0.25) is 10.0 Å². The molecule has 1 saturated carbocycles. The molecule has 35 heavy (non-hydrogen) atoms. The van der Waals surface area contributed by atoms with Crippen molar-refractivity contribution in [1.82, 2.24) is 0 Å². The van der Waals surface area contributed by atoms with E-state index in [9.17, 15) is 14.8 Å². The molecule has 0 spiro atoms. The van der Waals surface area contributed by atoms with Gasteiger partial charge in [0, 0.05) is 4.90 Å². The summed E-state index contributed by atoms with van der Waals surface area (Å²) in [5, 5.41) is 12.9. The van der Waals surface area contributed by atoms with Crippen LogP contribution in [-0.4, -0.2) is 48.2 Å². The van der Waals surface area contributed by atoms with Gasteiger partial charge in [-0.2, -0.15) is 0 Å². The van der Waals surface area contributed by atoms with Gasteiger partial charge in [-0.1, -0.05) is 72.6 Å². The minimum atomic E-state index is -1.00. The zero-order valence-electron chi connectivity index (χ0n) is 22.5. The van der Waals surface area contributed by atoms with E-state index in [1.165, 1.54) is 25.7 Å². The molecule has 0 aromatic rings. The fourth-order valence-electron chi connectivity index (χ4n) is 5.17. The zero-order valence-corrected chi connectivity index (χ0v) is 22.5. The average Bonchev–Trinajstić information content (AvgIpc) is 3.15. The molecule has 1 heterocycles. The number of carbonyl (C=O) groups is 2. The molecule has 8 heteroatoms. The molecular weight excluding hydrogens is 450 g/mol. The van der Waals surface area contributed by atoms with Crippen LogP contribution in [0, 0.1) is 28.9 Å². The predicted octanol–water partition coefficient (Wildman–Crippen LogP) is 5.55. The number of hydrogen-bond donors (Lipinski definition) is 0. The Labute approximate surface area is 211 Å². The molecule has 202 valence electrons.